The molecule has 0 aliphatic heterocycles. The van der Waals surface area contributed by atoms with Gasteiger partial charge in [-0.2, -0.15) is 13.2 Å². The molecule has 1 unspecified atom stereocenters. The summed E-state index contributed by atoms with van der Waals surface area (Å²) in [7, 11) is 4.47. The minimum Gasteiger partial charge on any atom is -0.497 e. The van der Waals surface area contributed by atoms with E-state index in [1.54, 1.807) is 37.4 Å². The number of benzene rings is 1. The molecule has 12 heteroatoms. The van der Waals surface area contributed by atoms with E-state index in [-0.39, 0.29) is 11.5 Å². The number of pyridine rings is 1. The second-order valence-corrected chi connectivity index (χ2v) is 7.11. The van der Waals surface area contributed by atoms with E-state index in [2.05, 4.69) is 19.9 Å². The summed E-state index contributed by atoms with van der Waals surface area (Å²) >= 11 is 0. The van der Waals surface area contributed by atoms with Crippen molar-refractivity contribution >= 4 is 34.5 Å². The highest BCUT2D eigenvalue weighted by Gasteiger charge is 2.38. The van der Waals surface area contributed by atoms with Crippen LogP contribution in [0.1, 0.15) is 5.69 Å². The van der Waals surface area contributed by atoms with E-state index >= 15 is 0 Å². The highest BCUT2D eigenvalue weighted by atomic mass is 19.4. The van der Waals surface area contributed by atoms with Crippen LogP contribution in [0.5, 0.6) is 11.5 Å². The second kappa shape index (κ2) is 10.3. The van der Waals surface area contributed by atoms with Gasteiger partial charge in [-0.15, -0.1) is 0 Å². The molecule has 0 spiro atoms. The first kappa shape index (κ1) is 24.7. The van der Waals surface area contributed by atoms with Crippen LogP contribution >= 0.6 is 0 Å². The highest BCUT2D eigenvalue weighted by molar-refractivity contribution is 6.09. The predicted molar refractivity (Wildman–Crippen MR) is 124 cm³/mol. The molecule has 0 radical (unpaired) electrons. The number of methoxy groups -OCH3 is 2. The number of halogens is 3. The van der Waals surface area contributed by atoms with Gasteiger partial charge in [-0.3, -0.25) is 9.98 Å². The average Bonchev–Trinajstić information content (AvgIpc) is 2.83. The van der Waals surface area contributed by atoms with Crippen LogP contribution in [0.2, 0.25) is 0 Å². The molecule has 34 heavy (non-hydrogen) atoms. The van der Waals surface area contributed by atoms with E-state index in [9.17, 15) is 13.2 Å². The summed E-state index contributed by atoms with van der Waals surface area (Å²) in [5, 5.41) is 0. The fourth-order valence-corrected chi connectivity index (χ4v) is 3.09. The normalized spacial score (nSPS) is 13.3. The zero-order chi connectivity index (χ0) is 24.9. The molecule has 4 N–H and O–H groups in total. The van der Waals surface area contributed by atoms with Crippen molar-refractivity contribution in [2.24, 2.45) is 16.5 Å². The maximum Gasteiger partial charge on any atom is 0.405 e. The number of aromatic nitrogens is 3. The molecular formula is C22H24F3N7O2. The molecule has 0 saturated heterocycles. The number of nitrogens with two attached hydrogens (primary N) is 2. The number of aliphatic imine (C=N–C) groups is 1. The van der Waals surface area contributed by atoms with Gasteiger partial charge in [-0.05, 0) is 12.1 Å². The summed E-state index contributed by atoms with van der Waals surface area (Å²) in [5.41, 5.74) is 13.0. The Morgan fingerprint density at radius 3 is 2.38 bits per heavy atom. The summed E-state index contributed by atoms with van der Waals surface area (Å²) in [6, 6.07) is 5.73. The smallest absolute Gasteiger partial charge is 0.405 e. The first-order valence-corrected chi connectivity index (χ1v) is 10.0. The van der Waals surface area contributed by atoms with Crippen LogP contribution in [0.15, 0.2) is 47.7 Å². The zero-order valence-corrected chi connectivity index (χ0v) is 18.7. The first-order chi connectivity index (χ1) is 16.2. The Morgan fingerprint density at radius 2 is 1.82 bits per heavy atom. The van der Waals surface area contributed by atoms with Crippen molar-refractivity contribution in [1.82, 2.24) is 15.0 Å². The van der Waals surface area contributed by atoms with Crippen LogP contribution in [0.4, 0.5) is 24.7 Å². The number of allylic oxidation sites excluding steroid dienone is 1. The Morgan fingerprint density at radius 1 is 1.15 bits per heavy atom. The van der Waals surface area contributed by atoms with Crippen LogP contribution in [-0.2, 0) is 0 Å². The predicted octanol–water partition coefficient (Wildman–Crippen LogP) is 3.07. The molecule has 9 nitrogen and oxygen atoms in total. The summed E-state index contributed by atoms with van der Waals surface area (Å²) in [5.74, 6) is 0.954. The molecule has 3 aromatic rings. The minimum atomic E-state index is -4.62. The molecule has 0 bridgehead atoms. The third-order valence-electron chi connectivity index (χ3n) is 4.86. The number of anilines is 2. The van der Waals surface area contributed by atoms with Crippen molar-refractivity contribution in [3.8, 4) is 11.5 Å². The van der Waals surface area contributed by atoms with Gasteiger partial charge in [-0.25, -0.2) is 9.97 Å². The fraction of sp³-hybridized carbons (Fsp3) is 0.273. The van der Waals surface area contributed by atoms with E-state index in [0.29, 0.717) is 34.0 Å². The number of ether oxygens (including phenoxy) is 2. The quantitative estimate of drug-likeness (QED) is 0.476. The lowest BCUT2D eigenvalue weighted by Gasteiger charge is -2.28. The van der Waals surface area contributed by atoms with Crippen molar-refractivity contribution in [3.05, 3.63) is 48.4 Å². The lowest BCUT2D eigenvalue weighted by Crippen LogP contribution is -2.46. The minimum absolute atomic E-state index is 0.177. The van der Waals surface area contributed by atoms with E-state index in [1.165, 1.54) is 37.7 Å². The number of hydrogen-bond acceptors (Lipinski definition) is 9. The van der Waals surface area contributed by atoms with Gasteiger partial charge in [0.2, 0.25) is 0 Å². The zero-order valence-electron chi connectivity index (χ0n) is 18.7. The fourth-order valence-electron chi connectivity index (χ4n) is 3.09. The van der Waals surface area contributed by atoms with Crippen LogP contribution < -0.4 is 25.8 Å². The third kappa shape index (κ3) is 5.52. The van der Waals surface area contributed by atoms with Gasteiger partial charge in [0.05, 0.1) is 26.1 Å². The van der Waals surface area contributed by atoms with E-state index < -0.39 is 18.8 Å². The van der Waals surface area contributed by atoms with Gasteiger partial charge in [0, 0.05) is 55.5 Å². The first-order valence-electron chi connectivity index (χ1n) is 10.0. The van der Waals surface area contributed by atoms with Crippen molar-refractivity contribution in [2.75, 3.05) is 32.7 Å². The summed E-state index contributed by atoms with van der Waals surface area (Å²) in [6.07, 6.45) is -0.277. The maximum atomic E-state index is 13.4. The maximum absolute atomic E-state index is 13.4. The third-order valence-corrected chi connectivity index (χ3v) is 4.86. The Bertz CT molecular complexity index is 1190. The molecule has 1 atom stereocenters. The SMILES string of the molecule is CN=CC(=CN)c1cnc2ccc(N(CC(N)C(F)(F)F)c3cc(OC)cc(OC)c3)nc2n1. The molecule has 0 fully saturated rings. The lowest BCUT2D eigenvalue weighted by atomic mass is 10.2. The highest BCUT2D eigenvalue weighted by Crippen LogP contribution is 2.34. The van der Waals surface area contributed by atoms with Gasteiger partial charge in [-0.1, -0.05) is 0 Å². The molecule has 0 aliphatic carbocycles. The standard InChI is InChI=1S/C22H24F3N7O2/c1-28-10-13(9-26)18-11-29-17-4-5-20(31-21(17)30-18)32(12-19(27)22(23,24)25)14-6-15(33-2)8-16(7-14)34-3/h4-11,19H,12,26-27H2,1-3H3. The monoisotopic (exact) mass is 475 g/mol. The number of alkyl halides is 3. The van der Waals surface area contributed by atoms with Gasteiger partial charge >= 0.3 is 6.18 Å². The van der Waals surface area contributed by atoms with Gasteiger partial charge < -0.3 is 25.8 Å². The average molecular weight is 475 g/mol. The Labute approximate surface area is 193 Å². The second-order valence-electron chi connectivity index (χ2n) is 7.11. The summed E-state index contributed by atoms with van der Waals surface area (Å²) < 4.78 is 50.6. The van der Waals surface area contributed by atoms with Gasteiger partial charge in [0.1, 0.15) is 28.9 Å². The van der Waals surface area contributed by atoms with Gasteiger partial charge in [0.15, 0.2) is 5.65 Å². The molecule has 0 saturated carbocycles. The largest absolute Gasteiger partial charge is 0.497 e. The molecule has 0 aliphatic rings. The van der Waals surface area contributed by atoms with Crippen molar-refractivity contribution in [2.45, 2.75) is 12.2 Å². The molecule has 2 aromatic heterocycles. The Balaban J connectivity index is 2.15. The van der Waals surface area contributed by atoms with Crippen molar-refractivity contribution in [3.63, 3.8) is 0 Å². The Hall–Kier alpha value is -3.93. The van der Waals surface area contributed by atoms with Crippen LogP contribution in [0.3, 0.4) is 0 Å². The molecule has 0 amide bonds. The van der Waals surface area contributed by atoms with E-state index in [1.807, 2.05) is 0 Å². The van der Waals surface area contributed by atoms with Crippen LogP contribution in [0.25, 0.3) is 16.7 Å². The lowest BCUT2D eigenvalue weighted by molar-refractivity contribution is -0.145. The number of fused-ring (bicyclic) bond motifs is 1. The molecule has 2 heterocycles. The molecule has 3 rings (SSSR count). The van der Waals surface area contributed by atoms with Crippen LogP contribution in [0, 0.1) is 0 Å². The van der Waals surface area contributed by atoms with Crippen molar-refractivity contribution < 1.29 is 22.6 Å². The topological polar surface area (TPSA) is 125 Å². The molecule has 1 aromatic carbocycles. The summed E-state index contributed by atoms with van der Waals surface area (Å²) in [6.45, 7) is -0.609. The summed E-state index contributed by atoms with van der Waals surface area (Å²) in [4.78, 5) is 18.5. The molecule has 180 valence electrons. The number of hydrogen-bond donors (Lipinski definition) is 2. The van der Waals surface area contributed by atoms with E-state index in [4.69, 9.17) is 20.9 Å². The van der Waals surface area contributed by atoms with Crippen molar-refractivity contribution in [1.29, 1.82) is 0 Å². The molecular weight excluding hydrogens is 451 g/mol. The number of nitrogens with zero attached hydrogens (tertiary/aromatic N) is 5. The van der Waals surface area contributed by atoms with E-state index in [0.717, 1.165) is 0 Å². The Kier molecular flexibility index (Phi) is 7.51. The van der Waals surface area contributed by atoms with Crippen LogP contribution in [-0.4, -0.2) is 61.2 Å². The van der Waals surface area contributed by atoms with Gasteiger partial charge in [0.25, 0.3) is 0 Å². The number of rotatable bonds is 8.